The molecule has 1 N–H and O–H groups in total. The van der Waals surface area contributed by atoms with Gasteiger partial charge in [0, 0.05) is 24.9 Å². The number of para-hydroxylation sites is 1. The Hall–Kier alpha value is -1.23. The van der Waals surface area contributed by atoms with Crippen molar-refractivity contribution in [2.75, 3.05) is 6.54 Å². The van der Waals surface area contributed by atoms with Crippen LogP contribution in [0, 0.1) is 0 Å². The second-order valence-electron chi connectivity index (χ2n) is 6.19. The van der Waals surface area contributed by atoms with Crippen molar-refractivity contribution in [2.45, 2.75) is 57.9 Å². The van der Waals surface area contributed by atoms with E-state index in [2.05, 4.69) is 25.2 Å². The van der Waals surface area contributed by atoms with E-state index in [1.54, 1.807) is 0 Å². The lowest BCUT2D eigenvalue weighted by Gasteiger charge is -2.18. The molecule has 0 radical (unpaired) electrons. The van der Waals surface area contributed by atoms with E-state index < -0.39 is 12.6 Å². The van der Waals surface area contributed by atoms with Crippen molar-refractivity contribution in [2.24, 2.45) is 0 Å². The molecule has 2 rings (SSSR count). The van der Waals surface area contributed by atoms with E-state index in [1.807, 2.05) is 12.1 Å². The zero-order valence-electron chi connectivity index (χ0n) is 12.5. The molecule has 118 valence electrons. The lowest BCUT2D eigenvalue weighted by Crippen LogP contribution is -2.25. The molecule has 2 nitrogen and oxygen atoms in total. The van der Waals surface area contributed by atoms with Crippen LogP contribution in [0.3, 0.4) is 0 Å². The van der Waals surface area contributed by atoms with E-state index >= 15 is 0 Å². The smallest absolute Gasteiger partial charge is 0.389 e. The average Bonchev–Trinajstić information content (AvgIpc) is 2.67. The van der Waals surface area contributed by atoms with Crippen LogP contribution in [0.2, 0.25) is 0 Å². The first-order valence-electron chi connectivity index (χ1n) is 7.34. The molecule has 0 aliphatic carbocycles. The molecular formula is C16H22F3NO. The maximum absolute atomic E-state index is 12.0. The number of rotatable bonds is 6. The van der Waals surface area contributed by atoms with Crippen molar-refractivity contribution >= 4 is 0 Å². The predicted octanol–water partition coefficient (Wildman–Crippen LogP) is 4.22. The molecule has 0 spiro atoms. The van der Waals surface area contributed by atoms with E-state index in [-0.39, 0.29) is 12.0 Å². The largest absolute Gasteiger partial charge is 0.487 e. The van der Waals surface area contributed by atoms with E-state index in [0.29, 0.717) is 19.5 Å². The highest BCUT2D eigenvalue weighted by atomic mass is 19.4. The molecule has 0 fully saturated rings. The fraction of sp³-hybridized carbons (Fsp3) is 0.625. The summed E-state index contributed by atoms with van der Waals surface area (Å²) in [4.78, 5) is 0. The van der Waals surface area contributed by atoms with Gasteiger partial charge in [-0.25, -0.2) is 0 Å². The van der Waals surface area contributed by atoms with E-state index in [1.165, 1.54) is 5.56 Å². The van der Waals surface area contributed by atoms with Crippen LogP contribution in [0.15, 0.2) is 18.2 Å². The zero-order chi connectivity index (χ0) is 15.5. The molecule has 0 bridgehead atoms. The first-order valence-corrected chi connectivity index (χ1v) is 7.34. The standard InChI is InChI=1S/C16H22F3NO/c1-15(2)10-12-6-5-7-13(14(12)21-15)11-20-9-4-3-8-16(17,18)19/h5-7,20H,3-4,8-11H2,1-2H3. The van der Waals surface area contributed by atoms with Gasteiger partial charge in [0.2, 0.25) is 0 Å². The Balaban J connectivity index is 1.77. The maximum Gasteiger partial charge on any atom is 0.389 e. The third-order valence-corrected chi connectivity index (χ3v) is 3.55. The minimum atomic E-state index is -4.04. The molecule has 0 atom stereocenters. The number of ether oxygens (including phenoxy) is 1. The van der Waals surface area contributed by atoms with Crippen LogP contribution < -0.4 is 10.1 Å². The Morgan fingerprint density at radius 2 is 2.00 bits per heavy atom. The van der Waals surface area contributed by atoms with Gasteiger partial charge in [-0.1, -0.05) is 18.2 Å². The number of benzene rings is 1. The van der Waals surface area contributed by atoms with Gasteiger partial charge in [-0.2, -0.15) is 13.2 Å². The highest BCUT2D eigenvalue weighted by Crippen LogP contribution is 2.37. The third kappa shape index (κ3) is 4.92. The summed E-state index contributed by atoms with van der Waals surface area (Å²) in [5, 5.41) is 3.20. The molecule has 1 aliphatic rings. The summed E-state index contributed by atoms with van der Waals surface area (Å²) in [6, 6.07) is 6.07. The fourth-order valence-electron chi connectivity index (χ4n) is 2.62. The minimum absolute atomic E-state index is 0.174. The number of halogens is 3. The minimum Gasteiger partial charge on any atom is -0.487 e. The molecule has 0 saturated carbocycles. The Morgan fingerprint density at radius 1 is 1.24 bits per heavy atom. The summed E-state index contributed by atoms with van der Waals surface area (Å²) in [6.45, 7) is 5.33. The van der Waals surface area contributed by atoms with Gasteiger partial charge in [0.05, 0.1) is 0 Å². The first kappa shape index (κ1) is 16.1. The van der Waals surface area contributed by atoms with Gasteiger partial charge in [0.15, 0.2) is 0 Å². The molecule has 1 heterocycles. The average molecular weight is 301 g/mol. The number of hydrogen-bond donors (Lipinski definition) is 1. The van der Waals surface area contributed by atoms with Crippen LogP contribution in [0.25, 0.3) is 0 Å². The lowest BCUT2D eigenvalue weighted by molar-refractivity contribution is -0.135. The summed E-state index contributed by atoms with van der Waals surface area (Å²) < 4.78 is 42.0. The van der Waals surface area contributed by atoms with Gasteiger partial charge in [-0.15, -0.1) is 0 Å². The van der Waals surface area contributed by atoms with Gasteiger partial charge < -0.3 is 10.1 Å². The highest BCUT2D eigenvalue weighted by molar-refractivity contribution is 5.45. The molecular weight excluding hydrogens is 279 g/mol. The second-order valence-corrected chi connectivity index (χ2v) is 6.19. The quantitative estimate of drug-likeness (QED) is 0.794. The van der Waals surface area contributed by atoms with E-state index in [9.17, 15) is 13.2 Å². The summed E-state index contributed by atoms with van der Waals surface area (Å²) in [7, 11) is 0. The summed E-state index contributed by atoms with van der Waals surface area (Å²) in [5.41, 5.74) is 2.11. The SMILES string of the molecule is CC1(C)Cc2cccc(CNCCCCC(F)(F)F)c2O1. The van der Waals surface area contributed by atoms with Gasteiger partial charge in [0.25, 0.3) is 0 Å². The lowest BCUT2D eigenvalue weighted by atomic mass is 10.0. The van der Waals surface area contributed by atoms with Crippen molar-refractivity contribution < 1.29 is 17.9 Å². The number of hydrogen-bond acceptors (Lipinski definition) is 2. The summed E-state index contributed by atoms with van der Waals surface area (Å²) in [5.74, 6) is 0.935. The normalized spacial score (nSPS) is 16.6. The monoisotopic (exact) mass is 301 g/mol. The van der Waals surface area contributed by atoms with E-state index in [4.69, 9.17) is 4.74 Å². The number of alkyl halides is 3. The van der Waals surface area contributed by atoms with Crippen molar-refractivity contribution in [1.82, 2.24) is 5.32 Å². The van der Waals surface area contributed by atoms with Gasteiger partial charge in [0.1, 0.15) is 11.4 Å². The molecule has 0 unspecified atom stereocenters. The van der Waals surface area contributed by atoms with Crippen LogP contribution >= 0.6 is 0 Å². The molecule has 1 aliphatic heterocycles. The van der Waals surface area contributed by atoms with Gasteiger partial charge in [-0.05, 0) is 38.8 Å². The maximum atomic E-state index is 12.0. The molecule has 0 saturated heterocycles. The molecule has 1 aromatic rings. The van der Waals surface area contributed by atoms with Crippen molar-refractivity contribution in [3.63, 3.8) is 0 Å². The number of nitrogens with one attached hydrogen (secondary N) is 1. The Morgan fingerprint density at radius 3 is 2.71 bits per heavy atom. The molecule has 0 amide bonds. The van der Waals surface area contributed by atoms with Crippen LogP contribution in [-0.4, -0.2) is 18.3 Å². The molecule has 21 heavy (non-hydrogen) atoms. The Bertz CT molecular complexity index is 483. The van der Waals surface area contributed by atoms with Crippen molar-refractivity contribution in [1.29, 1.82) is 0 Å². The first-order chi connectivity index (χ1) is 9.77. The van der Waals surface area contributed by atoms with Crippen LogP contribution in [0.5, 0.6) is 5.75 Å². The predicted molar refractivity (Wildman–Crippen MR) is 76.5 cm³/mol. The molecule has 5 heteroatoms. The molecule has 1 aromatic carbocycles. The van der Waals surface area contributed by atoms with Crippen LogP contribution in [0.4, 0.5) is 13.2 Å². The Kier molecular flexibility index (Phi) is 4.81. The third-order valence-electron chi connectivity index (χ3n) is 3.55. The zero-order valence-corrected chi connectivity index (χ0v) is 12.5. The molecule has 0 aromatic heterocycles. The topological polar surface area (TPSA) is 21.3 Å². The number of fused-ring (bicyclic) bond motifs is 1. The van der Waals surface area contributed by atoms with Gasteiger partial charge in [-0.3, -0.25) is 0 Å². The van der Waals surface area contributed by atoms with Crippen molar-refractivity contribution in [3.8, 4) is 5.75 Å². The van der Waals surface area contributed by atoms with E-state index in [0.717, 1.165) is 17.7 Å². The fourth-order valence-corrected chi connectivity index (χ4v) is 2.62. The second kappa shape index (κ2) is 6.26. The summed E-state index contributed by atoms with van der Waals surface area (Å²) in [6.07, 6.45) is -3.15. The van der Waals surface area contributed by atoms with Crippen LogP contribution in [-0.2, 0) is 13.0 Å². The van der Waals surface area contributed by atoms with Crippen LogP contribution in [0.1, 0.15) is 44.2 Å². The van der Waals surface area contributed by atoms with Crippen molar-refractivity contribution in [3.05, 3.63) is 29.3 Å². The number of unbranched alkanes of at least 4 members (excludes halogenated alkanes) is 1. The summed E-state index contributed by atoms with van der Waals surface area (Å²) >= 11 is 0. The highest BCUT2D eigenvalue weighted by Gasteiger charge is 2.31. The van der Waals surface area contributed by atoms with Gasteiger partial charge >= 0.3 is 6.18 Å². The Labute approximate surface area is 123 Å².